The molecule has 0 aromatic carbocycles. The first kappa shape index (κ1) is 11.4. The van der Waals surface area contributed by atoms with Gasteiger partial charge in [-0.05, 0) is 44.1 Å². The summed E-state index contributed by atoms with van der Waals surface area (Å²) < 4.78 is 5.09. The fraction of sp³-hybridized carbons (Fsp3) is 1.00. The lowest BCUT2D eigenvalue weighted by Crippen LogP contribution is -2.42. The molecule has 0 saturated heterocycles. The van der Waals surface area contributed by atoms with Gasteiger partial charge in [0.2, 0.25) is 0 Å². The van der Waals surface area contributed by atoms with Gasteiger partial charge in [-0.25, -0.2) is 0 Å². The van der Waals surface area contributed by atoms with Crippen molar-refractivity contribution in [1.82, 2.24) is 4.90 Å². The van der Waals surface area contributed by atoms with Crippen LogP contribution in [0.4, 0.5) is 0 Å². The van der Waals surface area contributed by atoms with Crippen LogP contribution in [0.25, 0.3) is 0 Å². The maximum absolute atomic E-state index is 6.28. The molecule has 0 aliphatic heterocycles. The number of likely N-dealkylation sites (N-methyl/N-ethyl adjacent to an activating group) is 1. The molecule has 4 atom stereocenters. The van der Waals surface area contributed by atoms with Crippen molar-refractivity contribution in [2.75, 3.05) is 33.9 Å². The van der Waals surface area contributed by atoms with Gasteiger partial charge in [0.05, 0.1) is 6.61 Å². The SMILES string of the molecule is COCCN(C)CC1C2CCC(C2)C1N. The Hall–Kier alpha value is -0.120. The molecule has 2 bridgehead atoms. The van der Waals surface area contributed by atoms with Gasteiger partial charge in [0, 0.05) is 26.2 Å². The maximum Gasteiger partial charge on any atom is 0.0589 e. The molecule has 0 amide bonds. The molecule has 2 aliphatic carbocycles. The van der Waals surface area contributed by atoms with Gasteiger partial charge in [-0.3, -0.25) is 0 Å². The van der Waals surface area contributed by atoms with E-state index in [1.54, 1.807) is 7.11 Å². The first-order valence-electron chi connectivity index (χ1n) is 6.15. The van der Waals surface area contributed by atoms with E-state index >= 15 is 0 Å². The largest absolute Gasteiger partial charge is 0.383 e. The summed E-state index contributed by atoms with van der Waals surface area (Å²) in [6.45, 7) is 3.01. The molecule has 3 heteroatoms. The van der Waals surface area contributed by atoms with Gasteiger partial charge >= 0.3 is 0 Å². The van der Waals surface area contributed by atoms with Crippen LogP contribution in [-0.2, 0) is 4.74 Å². The third kappa shape index (κ3) is 2.35. The second-order valence-corrected chi connectivity index (χ2v) is 5.33. The van der Waals surface area contributed by atoms with E-state index in [0.717, 1.165) is 37.5 Å². The van der Waals surface area contributed by atoms with Crippen LogP contribution in [0.1, 0.15) is 19.3 Å². The van der Waals surface area contributed by atoms with Gasteiger partial charge in [0.25, 0.3) is 0 Å². The predicted molar refractivity (Wildman–Crippen MR) is 61.7 cm³/mol. The molecule has 0 aromatic heterocycles. The van der Waals surface area contributed by atoms with Crippen molar-refractivity contribution in [2.24, 2.45) is 23.5 Å². The summed E-state index contributed by atoms with van der Waals surface area (Å²) in [5.41, 5.74) is 6.28. The van der Waals surface area contributed by atoms with Crippen LogP contribution in [0.15, 0.2) is 0 Å². The summed E-state index contributed by atoms with van der Waals surface area (Å²) in [6.07, 6.45) is 4.19. The van der Waals surface area contributed by atoms with E-state index < -0.39 is 0 Å². The van der Waals surface area contributed by atoms with Gasteiger partial charge in [-0.15, -0.1) is 0 Å². The molecule has 0 heterocycles. The highest BCUT2D eigenvalue weighted by Crippen LogP contribution is 2.47. The minimum Gasteiger partial charge on any atom is -0.383 e. The number of hydrogen-bond donors (Lipinski definition) is 1. The number of hydrogen-bond acceptors (Lipinski definition) is 3. The standard InChI is InChI=1S/C12H24N2O/c1-14(5-6-15-2)8-11-9-3-4-10(7-9)12(11)13/h9-12H,3-8,13H2,1-2H3. The van der Waals surface area contributed by atoms with Crippen molar-refractivity contribution in [1.29, 1.82) is 0 Å². The van der Waals surface area contributed by atoms with Crippen molar-refractivity contribution >= 4 is 0 Å². The zero-order chi connectivity index (χ0) is 10.8. The van der Waals surface area contributed by atoms with Crippen LogP contribution in [0.2, 0.25) is 0 Å². The Balaban J connectivity index is 1.79. The normalized spacial score (nSPS) is 39.2. The van der Waals surface area contributed by atoms with Crippen LogP contribution in [0, 0.1) is 17.8 Å². The van der Waals surface area contributed by atoms with Crippen LogP contribution in [0.3, 0.4) is 0 Å². The van der Waals surface area contributed by atoms with Gasteiger partial charge < -0.3 is 15.4 Å². The molecule has 15 heavy (non-hydrogen) atoms. The van der Waals surface area contributed by atoms with Crippen LogP contribution in [0.5, 0.6) is 0 Å². The summed E-state index contributed by atoms with van der Waals surface area (Å²) in [7, 11) is 3.94. The third-order valence-corrected chi connectivity index (χ3v) is 4.36. The molecule has 0 radical (unpaired) electrons. The molecule has 0 spiro atoms. The topological polar surface area (TPSA) is 38.5 Å². The fourth-order valence-corrected chi connectivity index (χ4v) is 3.42. The van der Waals surface area contributed by atoms with E-state index in [1.165, 1.54) is 19.3 Å². The van der Waals surface area contributed by atoms with E-state index in [-0.39, 0.29) is 0 Å². The van der Waals surface area contributed by atoms with Crippen molar-refractivity contribution in [3.8, 4) is 0 Å². The number of ether oxygens (including phenoxy) is 1. The van der Waals surface area contributed by atoms with Crippen molar-refractivity contribution in [2.45, 2.75) is 25.3 Å². The second kappa shape index (κ2) is 4.81. The Morgan fingerprint density at radius 2 is 2.07 bits per heavy atom. The lowest BCUT2D eigenvalue weighted by molar-refractivity contribution is 0.137. The van der Waals surface area contributed by atoms with Crippen molar-refractivity contribution < 1.29 is 4.74 Å². The molecule has 2 fully saturated rings. The fourth-order valence-electron chi connectivity index (χ4n) is 3.42. The first-order chi connectivity index (χ1) is 7.22. The molecular weight excluding hydrogens is 188 g/mol. The van der Waals surface area contributed by atoms with Crippen molar-refractivity contribution in [3.63, 3.8) is 0 Å². The Morgan fingerprint density at radius 3 is 2.67 bits per heavy atom. The zero-order valence-corrected chi connectivity index (χ0v) is 9.98. The summed E-state index contributed by atoms with van der Waals surface area (Å²) in [4.78, 5) is 2.37. The van der Waals surface area contributed by atoms with E-state index in [9.17, 15) is 0 Å². The highest BCUT2D eigenvalue weighted by molar-refractivity contribution is 4.99. The number of rotatable bonds is 5. The molecule has 2 saturated carbocycles. The maximum atomic E-state index is 6.28. The molecular formula is C12H24N2O. The highest BCUT2D eigenvalue weighted by Gasteiger charge is 2.45. The average Bonchev–Trinajstić information content (AvgIpc) is 2.79. The van der Waals surface area contributed by atoms with Crippen LogP contribution >= 0.6 is 0 Å². The number of nitrogens with two attached hydrogens (primary N) is 1. The minimum absolute atomic E-state index is 0.466. The average molecular weight is 212 g/mol. The Bertz CT molecular complexity index is 208. The van der Waals surface area contributed by atoms with E-state index in [2.05, 4.69) is 11.9 Å². The van der Waals surface area contributed by atoms with Gasteiger partial charge in [0.15, 0.2) is 0 Å². The molecule has 2 rings (SSSR count). The van der Waals surface area contributed by atoms with Crippen LogP contribution in [-0.4, -0.2) is 44.8 Å². The Labute approximate surface area is 93.0 Å². The molecule has 2 N–H and O–H groups in total. The molecule has 3 nitrogen and oxygen atoms in total. The lowest BCUT2D eigenvalue weighted by atomic mass is 9.84. The Kier molecular flexibility index (Phi) is 3.65. The summed E-state index contributed by atoms with van der Waals surface area (Å²) in [6, 6.07) is 0.466. The quantitative estimate of drug-likeness (QED) is 0.737. The summed E-state index contributed by atoms with van der Waals surface area (Å²) in [5, 5.41) is 0. The van der Waals surface area contributed by atoms with Gasteiger partial charge in [-0.1, -0.05) is 0 Å². The van der Waals surface area contributed by atoms with Gasteiger partial charge in [-0.2, -0.15) is 0 Å². The summed E-state index contributed by atoms with van der Waals surface area (Å²) >= 11 is 0. The van der Waals surface area contributed by atoms with Crippen molar-refractivity contribution in [3.05, 3.63) is 0 Å². The number of methoxy groups -OCH3 is 1. The molecule has 0 aromatic rings. The first-order valence-corrected chi connectivity index (χ1v) is 6.15. The molecule has 4 unspecified atom stereocenters. The van der Waals surface area contributed by atoms with Gasteiger partial charge in [0.1, 0.15) is 0 Å². The number of fused-ring (bicyclic) bond motifs is 2. The molecule has 88 valence electrons. The monoisotopic (exact) mass is 212 g/mol. The van der Waals surface area contributed by atoms with E-state index in [1.807, 2.05) is 0 Å². The van der Waals surface area contributed by atoms with Crippen LogP contribution < -0.4 is 5.73 Å². The number of nitrogens with zero attached hydrogens (tertiary/aromatic N) is 1. The zero-order valence-electron chi connectivity index (χ0n) is 9.98. The predicted octanol–water partition coefficient (Wildman–Crippen LogP) is 0.938. The highest BCUT2D eigenvalue weighted by atomic mass is 16.5. The lowest BCUT2D eigenvalue weighted by Gasteiger charge is -2.31. The molecule has 2 aliphatic rings. The minimum atomic E-state index is 0.466. The Morgan fingerprint density at radius 1 is 1.33 bits per heavy atom. The smallest absolute Gasteiger partial charge is 0.0589 e. The summed E-state index contributed by atoms with van der Waals surface area (Å²) in [5.74, 6) is 2.48. The third-order valence-electron chi connectivity index (χ3n) is 4.36. The van der Waals surface area contributed by atoms with E-state index in [4.69, 9.17) is 10.5 Å². The second-order valence-electron chi connectivity index (χ2n) is 5.33. The van der Waals surface area contributed by atoms with E-state index in [0.29, 0.717) is 6.04 Å².